The van der Waals surface area contributed by atoms with E-state index in [9.17, 15) is 4.79 Å². The molecule has 3 aromatic rings. The summed E-state index contributed by atoms with van der Waals surface area (Å²) in [5.74, 6) is 0.795. The Bertz CT molecular complexity index is 761. The Balaban J connectivity index is 1.46. The van der Waals surface area contributed by atoms with E-state index in [1.165, 1.54) is 11.9 Å². The van der Waals surface area contributed by atoms with E-state index in [4.69, 9.17) is 0 Å². The summed E-state index contributed by atoms with van der Waals surface area (Å²) in [5, 5.41) is 12.1. The number of rotatable bonds is 6. The molecule has 1 aromatic carbocycles. The molecular formula is C16H16N6OS. The summed E-state index contributed by atoms with van der Waals surface area (Å²) in [5.41, 5.74) is 1.64. The van der Waals surface area contributed by atoms with Gasteiger partial charge in [0.15, 0.2) is 0 Å². The highest BCUT2D eigenvalue weighted by Gasteiger charge is 2.03. The predicted molar refractivity (Wildman–Crippen MR) is 94.6 cm³/mol. The number of H-pyrrole nitrogens is 1. The molecule has 0 saturated heterocycles. The van der Waals surface area contributed by atoms with Crippen molar-refractivity contribution in [3.8, 4) is 0 Å². The second-order valence-corrected chi connectivity index (χ2v) is 5.74. The van der Waals surface area contributed by atoms with Crippen LogP contribution in [0.25, 0.3) is 0 Å². The van der Waals surface area contributed by atoms with Gasteiger partial charge in [0, 0.05) is 35.1 Å². The molecule has 0 atom stereocenters. The van der Waals surface area contributed by atoms with E-state index in [-0.39, 0.29) is 6.03 Å². The van der Waals surface area contributed by atoms with Crippen molar-refractivity contribution in [2.24, 2.45) is 0 Å². The van der Waals surface area contributed by atoms with Gasteiger partial charge in [-0.1, -0.05) is 6.07 Å². The molecule has 0 spiro atoms. The van der Waals surface area contributed by atoms with E-state index in [1.807, 2.05) is 42.5 Å². The van der Waals surface area contributed by atoms with Crippen LogP contribution in [-0.4, -0.2) is 21.2 Å². The van der Waals surface area contributed by atoms with Crippen molar-refractivity contribution in [1.82, 2.24) is 20.5 Å². The fourth-order valence-electron chi connectivity index (χ4n) is 1.87. The van der Waals surface area contributed by atoms with Crippen LogP contribution in [0.3, 0.4) is 0 Å². The van der Waals surface area contributed by atoms with Crippen molar-refractivity contribution in [3.63, 3.8) is 0 Å². The van der Waals surface area contributed by atoms with Crippen LogP contribution in [0.15, 0.2) is 66.0 Å². The maximum Gasteiger partial charge on any atom is 0.319 e. The SMILES string of the molecule is O=C(NCc1cn[nH]c1)Nc1ccc(SNc2ccccn2)cc1. The van der Waals surface area contributed by atoms with E-state index in [2.05, 4.69) is 30.5 Å². The maximum atomic E-state index is 11.8. The number of amides is 2. The number of nitrogens with zero attached hydrogens (tertiary/aromatic N) is 2. The van der Waals surface area contributed by atoms with Crippen LogP contribution in [-0.2, 0) is 6.54 Å². The van der Waals surface area contributed by atoms with Crippen LogP contribution in [0.4, 0.5) is 16.3 Å². The molecule has 122 valence electrons. The Morgan fingerprint density at radius 2 is 2.04 bits per heavy atom. The van der Waals surface area contributed by atoms with Gasteiger partial charge >= 0.3 is 6.03 Å². The van der Waals surface area contributed by atoms with E-state index >= 15 is 0 Å². The Morgan fingerprint density at radius 1 is 1.17 bits per heavy atom. The zero-order valence-corrected chi connectivity index (χ0v) is 13.5. The molecule has 0 bridgehead atoms. The van der Waals surface area contributed by atoms with Crippen LogP contribution in [0.5, 0.6) is 0 Å². The van der Waals surface area contributed by atoms with Crippen molar-refractivity contribution in [3.05, 3.63) is 66.6 Å². The van der Waals surface area contributed by atoms with E-state index in [1.54, 1.807) is 18.6 Å². The summed E-state index contributed by atoms with van der Waals surface area (Å²) in [7, 11) is 0. The van der Waals surface area contributed by atoms with E-state index in [0.717, 1.165) is 22.0 Å². The van der Waals surface area contributed by atoms with Crippen molar-refractivity contribution < 1.29 is 4.79 Å². The predicted octanol–water partition coefficient (Wildman–Crippen LogP) is 3.25. The quantitative estimate of drug-likeness (QED) is 0.517. The molecule has 0 saturated carbocycles. The number of carbonyl (C=O) groups is 1. The maximum absolute atomic E-state index is 11.8. The third-order valence-corrected chi connectivity index (χ3v) is 3.88. The van der Waals surface area contributed by atoms with Gasteiger partial charge in [-0.25, -0.2) is 9.78 Å². The van der Waals surface area contributed by atoms with Crippen LogP contribution in [0.1, 0.15) is 5.56 Å². The molecule has 0 aliphatic rings. The molecule has 8 heteroatoms. The molecule has 3 rings (SSSR count). The summed E-state index contributed by atoms with van der Waals surface area (Å²) < 4.78 is 3.15. The zero-order chi connectivity index (χ0) is 16.6. The first kappa shape index (κ1) is 15.9. The molecule has 2 aromatic heterocycles. The number of pyridine rings is 1. The second-order valence-electron chi connectivity index (χ2n) is 4.86. The summed E-state index contributed by atoms with van der Waals surface area (Å²) in [6, 6.07) is 13.0. The fourth-order valence-corrected chi connectivity index (χ4v) is 2.49. The monoisotopic (exact) mass is 340 g/mol. The third kappa shape index (κ3) is 4.75. The summed E-state index contributed by atoms with van der Waals surface area (Å²) in [6.07, 6.45) is 5.14. The van der Waals surface area contributed by atoms with Crippen LogP contribution in [0, 0.1) is 0 Å². The number of hydrogen-bond donors (Lipinski definition) is 4. The highest BCUT2D eigenvalue weighted by atomic mass is 32.2. The van der Waals surface area contributed by atoms with Gasteiger partial charge < -0.3 is 15.4 Å². The van der Waals surface area contributed by atoms with Crippen molar-refractivity contribution in [1.29, 1.82) is 0 Å². The lowest BCUT2D eigenvalue weighted by molar-refractivity contribution is 0.251. The minimum Gasteiger partial charge on any atom is -0.334 e. The van der Waals surface area contributed by atoms with E-state index < -0.39 is 0 Å². The van der Waals surface area contributed by atoms with Gasteiger partial charge in [0.25, 0.3) is 0 Å². The van der Waals surface area contributed by atoms with Crippen molar-refractivity contribution in [2.45, 2.75) is 11.4 Å². The molecule has 0 unspecified atom stereocenters. The fraction of sp³-hybridized carbons (Fsp3) is 0.0625. The molecule has 2 amide bonds. The average Bonchev–Trinajstić information content (AvgIpc) is 3.14. The molecule has 24 heavy (non-hydrogen) atoms. The van der Waals surface area contributed by atoms with Gasteiger partial charge in [-0.05, 0) is 48.3 Å². The van der Waals surface area contributed by atoms with Crippen molar-refractivity contribution in [2.75, 3.05) is 10.0 Å². The number of nitrogens with one attached hydrogen (secondary N) is 4. The number of anilines is 2. The lowest BCUT2D eigenvalue weighted by atomic mass is 10.3. The summed E-state index contributed by atoms with van der Waals surface area (Å²) in [4.78, 5) is 17.0. The minimum atomic E-state index is -0.261. The highest BCUT2D eigenvalue weighted by molar-refractivity contribution is 8.00. The highest BCUT2D eigenvalue weighted by Crippen LogP contribution is 2.21. The van der Waals surface area contributed by atoms with Gasteiger partial charge in [-0.15, -0.1) is 0 Å². The Labute approximate surface area is 143 Å². The summed E-state index contributed by atoms with van der Waals surface area (Å²) >= 11 is 1.46. The van der Waals surface area contributed by atoms with Gasteiger partial charge in [0.2, 0.25) is 0 Å². The number of benzene rings is 1. The van der Waals surface area contributed by atoms with Gasteiger partial charge in [-0.2, -0.15) is 5.10 Å². The first-order valence-corrected chi connectivity index (χ1v) is 8.08. The largest absolute Gasteiger partial charge is 0.334 e. The average molecular weight is 340 g/mol. The van der Waals surface area contributed by atoms with Gasteiger partial charge in [-0.3, -0.25) is 5.10 Å². The molecule has 0 aliphatic heterocycles. The molecule has 2 heterocycles. The standard InChI is InChI=1S/C16H16N6OS/c23-16(18-9-12-10-19-20-11-12)21-13-4-6-14(7-5-13)24-22-15-3-1-2-8-17-15/h1-8,10-11H,9H2,(H,17,22)(H,19,20)(H2,18,21,23). The lowest BCUT2D eigenvalue weighted by Gasteiger charge is -2.08. The Hall–Kier alpha value is -3.00. The molecule has 0 radical (unpaired) electrons. The van der Waals surface area contributed by atoms with Crippen LogP contribution >= 0.6 is 11.9 Å². The lowest BCUT2D eigenvalue weighted by Crippen LogP contribution is -2.27. The van der Waals surface area contributed by atoms with Crippen LogP contribution < -0.4 is 15.4 Å². The first-order chi connectivity index (χ1) is 11.8. The molecular weight excluding hydrogens is 324 g/mol. The molecule has 0 aliphatic carbocycles. The van der Waals surface area contributed by atoms with Gasteiger partial charge in [0.05, 0.1) is 6.20 Å². The zero-order valence-electron chi connectivity index (χ0n) is 12.7. The number of hydrogen-bond acceptors (Lipinski definition) is 5. The topological polar surface area (TPSA) is 94.7 Å². The normalized spacial score (nSPS) is 10.2. The third-order valence-electron chi connectivity index (χ3n) is 3.06. The van der Waals surface area contributed by atoms with E-state index in [0.29, 0.717) is 6.54 Å². The second kappa shape index (κ2) is 8.02. The minimum absolute atomic E-state index is 0.261. The Kier molecular flexibility index (Phi) is 5.31. The molecule has 0 fully saturated rings. The van der Waals surface area contributed by atoms with Crippen LogP contribution in [0.2, 0.25) is 0 Å². The van der Waals surface area contributed by atoms with Gasteiger partial charge in [0.1, 0.15) is 5.82 Å². The smallest absolute Gasteiger partial charge is 0.319 e. The number of aromatic nitrogens is 3. The summed E-state index contributed by atoms with van der Waals surface area (Å²) in [6.45, 7) is 0.421. The number of urea groups is 1. The molecule has 7 nitrogen and oxygen atoms in total. The number of carbonyl (C=O) groups excluding carboxylic acids is 1. The Morgan fingerprint density at radius 3 is 2.75 bits per heavy atom. The molecule has 4 N–H and O–H groups in total. The first-order valence-electron chi connectivity index (χ1n) is 7.26. The number of aromatic amines is 1. The van der Waals surface area contributed by atoms with Crippen molar-refractivity contribution >= 4 is 29.5 Å².